The van der Waals surface area contributed by atoms with Crippen molar-refractivity contribution in [1.82, 2.24) is 0 Å². The summed E-state index contributed by atoms with van der Waals surface area (Å²) in [6, 6.07) is 3.64. The molecule has 0 saturated carbocycles. The van der Waals surface area contributed by atoms with Gasteiger partial charge in [-0.25, -0.2) is 0 Å². The van der Waals surface area contributed by atoms with Crippen molar-refractivity contribution in [2.45, 2.75) is 6.42 Å². The van der Waals surface area contributed by atoms with Crippen LogP contribution >= 0.6 is 43.2 Å². The SMILES string of the molecule is O=C(Cc1coc(Br)c1)c1cc(Br)cs1. The third kappa shape index (κ3) is 2.80. The molecule has 0 aliphatic heterocycles. The van der Waals surface area contributed by atoms with Gasteiger partial charge in [-0.2, -0.15) is 0 Å². The Morgan fingerprint density at radius 3 is 2.73 bits per heavy atom. The Kier molecular flexibility index (Phi) is 3.43. The molecule has 2 heterocycles. The maximum atomic E-state index is 11.8. The van der Waals surface area contributed by atoms with Crippen LogP contribution in [0.1, 0.15) is 15.2 Å². The van der Waals surface area contributed by atoms with E-state index < -0.39 is 0 Å². The summed E-state index contributed by atoms with van der Waals surface area (Å²) in [7, 11) is 0. The Hall–Kier alpha value is -0.390. The summed E-state index contributed by atoms with van der Waals surface area (Å²) in [5.74, 6) is 0.110. The van der Waals surface area contributed by atoms with Crippen molar-refractivity contribution in [3.8, 4) is 0 Å². The number of hydrogen-bond acceptors (Lipinski definition) is 3. The van der Waals surface area contributed by atoms with Gasteiger partial charge in [-0.15, -0.1) is 11.3 Å². The molecule has 2 aromatic rings. The van der Waals surface area contributed by atoms with Gasteiger partial charge in [0.1, 0.15) is 0 Å². The predicted molar refractivity (Wildman–Crippen MR) is 66.5 cm³/mol. The smallest absolute Gasteiger partial charge is 0.177 e. The number of furan rings is 1. The fraction of sp³-hybridized carbons (Fsp3) is 0.100. The maximum Gasteiger partial charge on any atom is 0.177 e. The van der Waals surface area contributed by atoms with E-state index in [0.29, 0.717) is 11.1 Å². The molecule has 0 aromatic carbocycles. The Labute approximate surface area is 108 Å². The van der Waals surface area contributed by atoms with E-state index in [-0.39, 0.29) is 5.78 Å². The van der Waals surface area contributed by atoms with Crippen molar-refractivity contribution in [3.63, 3.8) is 0 Å². The number of ketones is 1. The van der Waals surface area contributed by atoms with E-state index in [1.165, 1.54) is 11.3 Å². The Balaban J connectivity index is 2.10. The van der Waals surface area contributed by atoms with Crippen molar-refractivity contribution < 1.29 is 9.21 Å². The molecule has 15 heavy (non-hydrogen) atoms. The van der Waals surface area contributed by atoms with Gasteiger partial charge in [-0.3, -0.25) is 4.79 Å². The fourth-order valence-corrected chi connectivity index (χ4v) is 2.92. The Morgan fingerprint density at radius 2 is 2.20 bits per heavy atom. The van der Waals surface area contributed by atoms with Crippen molar-refractivity contribution in [3.05, 3.63) is 43.4 Å². The lowest BCUT2D eigenvalue weighted by atomic mass is 10.1. The molecule has 0 amide bonds. The van der Waals surface area contributed by atoms with Gasteiger partial charge in [-0.1, -0.05) is 0 Å². The van der Waals surface area contributed by atoms with Crippen LogP contribution in [-0.4, -0.2) is 5.78 Å². The number of rotatable bonds is 3. The highest BCUT2D eigenvalue weighted by Crippen LogP contribution is 2.22. The minimum absolute atomic E-state index is 0.110. The number of carbonyl (C=O) groups is 1. The summed E-state index contributed by atoms with van der Waals surface area (Å²) in [6.07, 6.45) is 1.96. The second-order valence-electron chi connectivity index (χ2n) is 2.99. The molecule has 0 radical (unpaired) electrons. The second-order valence-corrected chi connectivity index (χ2v) is 5.60. The second kappa shape index (κ2) is 4.63. The van der Waals surface area contributed by atoms with Gasteiger partial charge in [-0.05, 0) is 49.6 Å². The first-order valence-corrected chi connectivity index (χ1v) is 6.62. The quantitative estimate of drug-likeness (QED) is 0.773. The first-order chi connectivity index (χ1) is 7.15. The number of halogens is 2. The molecule has 0 saturated heterocycles. The molecule has 2 rings (SSSR count). The number of hydrogen-bond donors (Lipinski definition) is 0. The van der Waals surface area contributed by atoms with Crippen molar-refractivity contribution >= 4 is 49.0 Å². The Bertz CT molecular complexity index is 487. The van der Waals surface area contributed by atoms with Gasteiger partial charge >= 0.3 is 0 Å². The highest BCUT2D eigenvalue weighted by molar-refractivity contribution is 9.10. The zero-order chi connectivity index (χ0) is 10.8. The molecule has 2 aromatic heterocycles. The van der Waals surface area contributed by atoms with Crippen LogP contribution in [0.2, 0.25) is 0 Å². The normalized spacial score (nSPS) is 10.5. The van der Waals surface area contributed by atoms with Crippen LogP contribution in [0.4, 0.5) is 0 Å². The molecule has 0 N–H and O–H groups in total. The predicted octanol–water partition coefficient (Wildman–Crippen LogP) is 4.29. The summed E-state index contributed by atoms with van der Waals surface area (Å²) in [5.41, 5.74) is 0.886. The largest absolute Gasteiger partial charge is 0.457 e. The molecule has 0 aliphatic rings. The van der Waals surface area contributed by atoms with Crippen molar-refractivity contribution in [2.75, 3.05) is 0 Å². The monoisotopic (exact) mass is 348 g/mol. The van der Waals surface area contributed by atoms with Crippen LogP contribution in [-0.2, 0) is 6.42 Å². The van der Waals surface area contributed by atoms with Crippen LogP contribution < -0.4 is 0 Å². The summed E-state index contributed by atoms with van der Waals surface area (Å²) >= 11 is 7.97. The van der Waals surface area contributed by atoms with E-state index in [4.69, 9.17) is 4.42 Å². The molecule has 2 nitrogen and oxygen atoms in total. The molecule has 0 fully saturated rings. The zero-order valence-electron chi connectivity index (χ0n) is 7.50. The van der Waals surface area contributed by atoms with Crippen LogP contribution in [0.25, 0.3) is 0 Å². The van der Waals surface area contributed by atoms with Gasteiger partial charge < -0.3 is 4.42 Å². The Morgan fingerprint density at radius 1 is 1.40 bits per heavy atom. The maximum absolute atomic E-state index is 11.8. The molecule has 0 aliphatic carbocycles. The molecule has 5 heteroatoms. The lowest BCUT2D eigenvalue weighted by Gasteiger charge is -1.92. The number of carbonyl (C=O) groups excluding carboxylic acids is 1. The van der Waals surface area contributed by atoms with Gasteiger partial charge in [0.05, 0.1) is 11.1 Å². The van der Waals surface area contributed by atoms with E-state index in [2.05, 4.69) is 31.9 Å². The van der Waals surface area contributed by atoms with Crippen LogP contribution in [0.5, 0.6) is 0 Å². The molecule has 0 bridgehead atoms. The van der Waals surface area contributed by atoms with Gasteiger partial charge in [0, 0.05) is 16.3 Å². The van der Waals surface area contributed by atoms with E-state index >= 15 is 0 Å². The van der Waals surface area contributed by atoms with Gasteiger partial charge in [0.2, 0.25) is 0 Å². The van der Waals surface area contributed by atoms with Crippen molar-refractivity contribution in [2.24, 2.45) is 0 Å². The van der Waals surface area contributed by atoms with E-state index in [0.717, 1.165) is 14.9 Å². The van der Waals surface area contributed by atoms with E-state index in [1.54, 1.807) is 12.3 Å². The van der Waals surface area contributed by atoms with Crippen LogP contribution in [0.15, 0.2) is 37.3 Å². The fourth-order valence-electron chi connectivity index (χ4n) is 1.17. The highest BCUT2D eigenvalue weighted by atomic mass is 79.9. The summed E-state index contributed by atoms with van der Waals surface area (Å²) in [5, 5.41) is 1.90. The minimum Gasteiger partial charge on any atom is -0.457 e. The average Bonchev–Trinajstić information content (AvgIpc) is 2.75. The van der Waals surface area contributed by atoms with Gasteiger partial charge in [0.15, 0.2) is 10.5 Å². The number of thiophene rings is 1. The zero-order valence-corrected chi connectivity index (χ0v) is 11.5. The lowest BCUT2D eigenvalue weighted by molar-refractivity contribution is 0.0996. The average molecular weight is 350 g/mol. The topological polar surface area (TPSA) is 30.2 Å². The first kappa shape index (κ1) is 11.1. The molecule has 0 spiro atoms. The molecule has 0 unspecified atom stereocenters. The minimum atomic E-state index is 0.110. The molecular formula is C10H6Br2O2S. The molecule has 0 atom stereocenters. The van der Waals surface area contributed by atoms with Crippen molar-refractivity contribution in [1.29, 1.82) is 0 Å². The van der Waals surface area contributed by atoms with Crippen LogP contribution in [0.3, 0.4) is 0 Å². The third-order valence-corrected chi connectivity index (χ3v) is 3.98. The highest BCUT2D eigenvalue weighted by Gasteiger charge is 2.11. The van der Waals surface area contributed by atoms with E-state index in [1.807, 2.05) is 11.4 Å². The lowest BCUT2D eigenvalue weighted by Crippen LogP contribution is -1.99. The first-order valence-electron chi connectivity index (χ1n) is 4.15. The van der Waals surface area contributed by atoms with Crippen LogP contribution in [0, 0.1) is 0 Å². The summed E-state index contributed by atoms with van der Waals surface area (Å²) in [4.78, 5) is 12.5. The summed E-state index contributed by atoms with van der Waals surface area (Å²) < 4.78 is 6.66. The number of Topliss-reactive ketones (excluding diaryl/α,β-unsaturated/α-hetero) is 1. The summed E-state index contributed by atoms with van der Waals surface area (Å²) in [6.45, 7) is 0. The van der Waals surface area contributed by atoms with E-state index in [9.17, 15) is 4.79 Å². The molecular weight excluding hydrogens is 344 g/mol. The third-order valence-electron chi connectivity index (χ3n) is 1.83. The molecule has 78 valence electrons. The standard InChI is InChI=1S/C10H6Br2O2S/c11-7-3-9(15-5-7)8(13)1-6-2-10(12)14-4-6/h2-5H,1H2. The van der Waals surface area contributed by atoms with Gasteiger partial charge in [0.25, 0.3) is 0 Å².